The Morgan fingerprint density at radius 2 is 2.07 bits per heavy atom. The summed E-state index contributed by atoms with van der Waals surface area (Å²) in [7, 11) is 1.37. The van der Waals surface area contributed by atoms with Crippen molar-refractivity contribution in [2.45, 2.75) is 38.3 Å². The van der Waals surface area contributed by atoms with Crippen LogP contribution in [0.2, 0.25) is 0 Å². The number of fused-ring (bicyclic) bond motifs is 2. The quantitative estimate of drug-likeness (QED) is 0.426. The molecule has 2 atom stereocenters. The third kappa shape index (κ3) is 3.27. The molecule has 0 bridgehead atoms. The number of allylic oxidation sites excluding steroid dienone is 3. The lowest BCUT2D eigenvalue weighted by Gasteiger charge is -2.26. The molecule has 0 spiro atoms. The van der Waals surface area contributed by atoms with Crippen molar-refractivity contribution in [1.82, 2.24) is 0 Å². The smallest absolute Gasteiger partial charge is 0.469 e. The minimum Gasteiger partial charge on any atom is -0.469 e. The molecule has 0 heterocycles. The van der Waals surface area contributed by atoms with Gasteiger partial charge in [0.1, 0.15) is 18.6 Å². The lowest BCUT2D eigenvalue weighted by atomic mass is 9.76. The Balaban J connectivity index is 2.09. The minimum atomic E-state index is -1.34. The second-order valence-electron chi connectivity index (χ2n) is 7.38. The number of carbonyl (C=O) groups excluding carboxylic acids is 2. The number of nitrogens with zero attached hydrogens (tertiary/aromatic N) is 2. The molecule has 6 heteroatoms. The van der Waals surface area contributed by atoms with Crippen molar-refractivity contribution in [3.05, 3.63) is 69.4 Å². The maximum atomic E-state index is 12.0. The first-order valence-electron chi connectivity index (χ1n) is 9.15. The molecule has 3 aliphatic rings. The van der Waals surface area contributed by atoms with E-state index in [1.165, 1.54) is 14.0 Å². The third-order valence-corrected chi connectivity index (χ3v) is 5.75. The number of hydrogen-bond donors (Lipinski definition) is 0. The summed E-state index contributed by atoms with van der Waals surface area (Å²) in [6.45, 7) is 21.1. The second-order valence-corrected chi connectivity index (χ2v) is 7.38. The van der Waals surface area contributed by atoms with Gasteiger partial charge in [-0.1, -0.05) is 18.7 Å². The lowest BCUT2D eigenvalue weighted by Crippen LogP contribution is -2.32. The average molecular weight is 378 g/mol. The summed E-state index contributed by atoms with van der Waals surface area (Å²) < 4.78 is 10.1. The number of methoxy groups -OCH3 is 1. The van der Waals surface area contributed by atoms with Crippen LogP contribution >= 0.6 is 0 Å². The molecule has 3 aliphatic carbocycles. The van der Waals surface area contributed by atoms with Crippen molar-refractivity contribution >= 4 is 11.9 Å². The Morgan fingerprint density at radius 3 is 2.68 bits per heavy atom. The molecular formula is C22H22N2O4. The number of esters is 2. The van der Waals surface area contributed by atoms with E-state index >= 15 is 0 Å². The highest BCUT2D eigenvalue weighted by atomic mass is 16.5. The molecule has 0 saturated carbocycles. The van der Waals surface area contributed by atoms with Crippen molar-refractivity contribution in [3.8, 4) is 0 Å². The van der Waals surface area contributed by atoms with Gasteiger partial charge in [0.15, 0.2) is 0 Å². The normalized spacial score (nSPS) is 25.2. The Hall–Kier alpha value is -3.12. The van der Waals surface area contributed by atoms with E-state index in [2.05, 4.69) is 22.3 Å². The van der Waals surface area contributed by atoms with Crippen LogP contribution in [-0.2, 0) is 19.1 Å². The van der Waals surface area contributed by atoms with Gasteiger partial charge in [-0.05, 0) is 41.6 Å². The molecule has 6 nitrogen and oxygen atoms in total. The molecule has 28 heavy (non-hydrogen) atoms. The van der Waals surface area contributed by atoms with Crippen LogP contribution in [0.25, 0.3) is 9.69 Å². The van der Waals surface area contributed by atoms with Gasteiger partial charge < -0.3 is 9.47 Å². The van der Waals surface area contributed by atoms with Gasteiger partial charge in [0, 0.05) is 12.8 Å². The van der Waals surface area contributed by atoms with Gasteiger partial charge in [-0.25, -0.2) is 22.8 Å². The van der Waals surface area contributed by atoms with Crippen molar-refractivity contribution in [3.63, 3.8) is 0 Å². The fourth-order valence-corrected chi connectivity index (χ4v) is 4.35. The zero-order chi connectivity index (χ0) is 20.5. The Morgan fingerprint density at radius 1 is 1.36 bits per heavy atom. The first kappa shape index (κ1) is 19.6. The van der Waals surface area contributed by atoms with E-state index in [-0.39, 0.29) is 36.8 Å². The maximum Gasteiger partial charge on any atom is 0.510 e. The van der Waals surface area contributed by atoms with E-state index in [0.717, 1.165) is 27.9 Å². The molecule has 0 unspecified atom stereocenters. The number of rotatable bonds is 3. The molecule has 0 aliphatic heterocycles. The average Bonchev–Trinajstić information content (AvgIpc) is 2.89. The van der Waals surface area contributed by atoms with Crippen LogP contribution in [0.1, 0.15) is 32.6 Å². The zero-order valence-corrected chi connectivity index (χ0v) is 16.1. The molecule has 0 aromatic heterocycles. The van der Waals surface area contributed by atoms with E-state index in [1.54, 1.807) is 0 Å². The monoisotopic (exact) mass is 378 g/mol. The van der Waals surface area contributed by atoms with Crippen LogP contribution in [0.15, 0.2) is 46.6 Å². The molecule has 0 fully saturated rings. The molecule has 0 saturated heterocycles. The van der Waals surface area contributed by atoms with E-state index in [1.807, 2.05) is 6.08 Å². The van der Waals surface area contributed by atoms with Gasteiger partial charge >= 0.3 is 17.6 Å². The van der Waals surface area contributed by atoms with E-state index in [9.17, 15) is 9.59 Å². The van der Waals surface area contributed by atoms with Crippen LogP contribution in [0.3, 0.4) is 0 Å². The summed E-state index contributed by atoms with van der Waals surface area (Å²) in [5, 5.41) is 0. The zero-order valence-electron chi connectivity index (χ0n) is 16.1. The summed E-state index contributed by atoms with van der Waals surface area (Å²) in [5.74, 6) is -1.10. The molecule has 3 rings (SSSR count). The number of hydrogen-bond acceptors (Lipinski definition) is 4. The van der Waals surface area contributed by atoms with Gasteiger partial charge in [-0.2, -0.15) is 0 Å². The fourth-order valence-electron chi connectivity index (χ4n) is 4.35. The first-order chi connectivity index (χ1) is 13.3. The second kappa shape index (κ2) is 7.48. The van der Waals surface area contributed by atoms with Crippen molar-refractivity contribution in [2.24, 2.45) is 11.8 Å². The van der Waals surface area contributed by atoms with Crippen LogP contribution < -0.4 is 0 Å². The first-order valence-corrected chi connectivity index (χ1v) is 9.15. The summed E-state index contributed by atoms with van der Waals surface area (Å²) >= 11 is 0. The molecule has 0 aromatic rings. The standard InChI is InChI=1S/C22H22N2O4/c1-13-8-16-10-17-9-15(21(26)27-5)6-7-20(17)22(23-3,24-4)11-18(16)19(13)12-28-14(2)25/h7,10,15,17H,1,6,8-9,11-12H2,2,5H3/t15-,17-/m0/s1. The van der Waals surface area contributed by atoms with E-state index in [0.29, 0.717) is 19.3 Å². The predicted molar refractivity (Wildman–Crippen MR) is 102 cm³/mol. The van der Waals surface area contributed by atoms with Crippen molar-refractivity contribution in [2.75, 3.05) is 13.7 Å². The Labute approximate surface area is 164 Å². The third-order valence-electron chi connectivity index (χ3n) is 5.75. The summed E-state index contributed by atoms with van der Waals surface area (Å²) in [4.78, 5) is 30.8. The molecular weight excluding hydrogens is 356 g/mol. The molecule has 0 N–H and O–H groups in total. The molecule has 144 valence electrons. The largest absolute Gasteiger partial charge is 0.510 e. The van der Waals surface area contributed by atoms with Gasteiger partial charge in [-0.15, -0.1) is 0 Å². The van der Waals surface area contributed by atoms with E-state index < -0.39 is 5.66 Å². The highest BCUT2D eigenvalue weighted by Gasteiger charge is 2.56. The highest BCUT2D eigenvalue weighted by molar-refractivity contribution is 5.73. The van der Waals surface area contributed by atoms with Gasteiger partial charge in [0.25, 0.3) is 0 Å². The summed E-state index contributed by atoms with van der Waals surface area (Å²) in [5.41, 5.74) is 2.97. The number of ether oxygens (including phenoxy) is 2. The molecule has 0 radical (unpaired) electrons. The highest BCUT2D eigenvalue weighted by Crippen LogP contribution is 2.51. The number of carbonyl (C=O) groups is 2. The van der Waals surface area contributed by atoms with Gasteiger partial charge in [-0.3, -0.25) is 9.59 Å². The molecule has 0 amide bonds. The van der Waals surface area contributed by atoms with Crippen LogP contribution in [-0.4, -0.2) is 31.3 Å². The topological polar surface area (TPSA) is 61.3 Å². The molecule has 0 aromatic carbocycles. The van der Waals surface area contributed by atoms with Crippen LogP contribution in [0, 0.1) is 25.0 Å². The van der Waals surface area contributed by atoms with Gasteiger partial charge in [0.05, 0.1) is 13.0 Å². The van der Waals surface area contributed by atoms with Crippen molar-refractivity contribution in [1.29, 1.82) is 0 Å². The van der Waals surface area contributed by atoms with Crippen LogP contribution in [0.4, 0.5) is 0 Å². The van der Waals surface area contributed by atoms with Gasteiger partial charge in [0.2, 0.25) is 0 Å². The van der Waals surface area contributed by atoms with E-state index in [4.69, 9.17) is 22.6 Å². The predicted octanol–water partition coefficient (Wildman–Crippen LogP) is 3.80. The van der Waals surface area contributed by atoms with Crippen LogP contribution in [0.5, 0.6) is 0 Å². The summed E-state index contributed by atoms with van der Waals surface area (Å²) in [6.07, 6.45) is 5.79. The lowest BCUT2D eigenvalue weighted by molar-refractivity contribution is -0.146. The Kier molecular flexibility index (Phi) is 5.25. The maximum absolute atomic E-state index is 12.0. The summed E-state index contributed by atoms with van der Waals surface area (Å²) in [6, 6.07) is 0. The Bertz CT molecular complexity index is 909. The fraction of sp³-hybridized carbons (Fsp3) is 0.455. The minimum absolute atomic E-state index is 0.0986. The SMILES string of the molecule is [C-]#[N+]C1([N+]#[C-])CC2=C(COC(C)=O)C(=C)CC2=C[C@@H]2C[C@@H](C(=O)OC)CC=C21. The van der Waals surface area contributed by atoms with Crippen molar-refractivity contribution < 1.29 is 19.1 Å².